The number of aromatic nitrogens is 2. The SMILES string of the molecule is CCN(CC1(c2cc3c(Nc4ccc(OCc5cccc(F)c5)c(Cl)c4)ncnc3cc2F)CC=CO1)S(=O)(=O)C(C)C. The minimum absolute atomic E-state index is 0.0669. The van der Waals surface area contributed by atoms with Gasteiger partial charge < -0.3 is 14.8 Å². The molecule has 5 rings (SSSR count). The number of nitrogens with zero attached hydrogens (tertiary/aromatic N) is 3. The summed E-state index contributed by atoms with van der Waals surface area (Å²) in [5.41, 5.74) is 0.523. The minimum atomic E-state index is -3.63. The largest absolute Gasteiger partial charge is 0.489 e. The van der Waals surface area contributed by atoms with Gasteiger partial charge in [-0.3, -0.25) is 0 Å². The van der Waals surface area contributed by atoms with E-state index in [0.29, 0.717) is 38.7 Å². The summed E-state index contributed by atoms with van der Waals surface area (Å²) in [5, 5.41) is 3.39. The van der Waals surface area contributed by atoms with Crippen molar-refractivity contribution in [1.29, 1.82) is 0 Å². The molecule has 0 spiro atoms. The summed E-state index contributed by atoms with van der Waals surface area (Å²) in [6.45, 7) is 5.24. The van der Waals surface area contributed by atoms with Crippen LogP contribution in [0.4, 0.5) is 20.3 Å². The first-order chi connectivity index (χ1) is 20.5. The van der Waals surface area contributed by atoms with Crippen LogP contribution in [0.3, 0.4) is 0 Å². The Kier molecular flexibility index (Phi) is 8.86. The third-order valence-electron chi connectivity index (χ3n) is 7.27. The van der Waals surface area contributed by atoms with Gasteiger partial charge in [-0.25, -0.2) is 27.2 Å². The van der Waals surface area contributed by atoms with E-state index in [-0.39, 0.29) is 37.5 Å². The van der Waals surface area contributed by atoms with Crippen LogP contribution in [0.5, 0.6) is 5.75 Å². The third-order valence-corrected chi connectivity index (χ3v) is 9.86. The summed E-state index contributed by atoms with van der Waals surface area (Å²) in [7, 11) is -3.63. The van der Waals surface area contributed by atoms with Crippen molar-refractivity contribution >= 4 is 44.0 Å². The number of hydrogen-bond acceptors (Lipinski definition) is 7. The number of hydrogen-bond donors (Lipinski definition) is 1. The van der Waals surface area contributed by atoms with Crippen molar-refractivity contribution in [3.05, 3.63) is 101 Å². The fourth-order valence-corrected chi connectivity index (χ4v) is 6.52. The number of rotatable bonds is 11. The molecular weight excluding hydrogens is 598 g/mol. The maximum Gasteiger partial charge on any atom is 0.216 e. The van der Waals surface area contributed by atoms with Gasteiger partial charge in [0.15, 0.2) is 5.60 Å². The fourth-order valence-electron chi connectivity index (χ4n) is 4.94. The van der Waals surface area contributed by atoms with Crippen LogP contribution in [-0.4, -0.2) is 41.0 Å². The second-order valence-electron chi connectivity index (χ2n) is 10.5. The fraction of sp³-hybridized carbons (Fsp3) is 0.290. The lowest BCUT2D eigenvalue weighted by molar-refractivity contribution is 0.0209. The van der Waals surface area contributed by atoms with Crippen LogP contribution >= 0.6 is 11.6 Å². The van der Waals surface area contributed by atoms with E-state index in [1.165, 1.54) is 35.1 Å². The van der Waals surface area contributed by atoms with Crippen LogP contribution in [0, 0.1) is 11.6 Å². The van der Waals surface area contributed by atoms with E-state index in [1.54, 1.807) is 63.2 Å². The van der Waals surface area contributed by atoms with Crippen molar-refractivity contribution in [3.63, 3.8) is 0 Å². The molecule has 0 saturated carbocycles. The lowest BCUT2D eigenvalue weighted by Gasteiger charge is -2.35. The van der Waals surface area contributed by atoms with Crippen LogP contribution in [0.15, 0.2) is 73.3 Å². The third kappa shape index (κ3) is 6.43. The van der Waals surface area contributed by atoms with Gasteiger partial charge in [0, 0.05) is 35.7 Å². The lowest BCUT2D eigenvalue weighted by Crippen LogP contribution is -2.46. The van der Waals surface area contributed by atoms with Crippen LogP contribution < -0.4 is 10.1 Å². The molecule has 1 atom stereocenters. The van der Waals surface area contributed by atoms with Gasteiger partial charge in [0.1, 0.15) is 36.1 Å². The molecule has 4 aromatic rings. The van der Waals surface area contributed by atoms with E-state index >= 15 is 4.39 Å². The van der Waals surface area contributed by atoms with Gasteiger partial charge in [0.2, 0.25) is 10.0 Å². The highest BCUT2D eigenvalue weighted by Gasteiger charge is 2.43. The van der Waals surface area contributed by atoms with E-state index < -0.39 is 26.7 Å². The average Bonchev–Trinajstić information content (AvgIpc) is 3.44. The lowest BCUT2D eigenvalue weighted by atomic mass is 9.89. The van der Waals surface area contributed by atoms with Crippen molar-refractivity contribution in [2.75, 3.05) is 18.4 Å². The maximum atomic E-state index is 15.7. The summed E-state index contributed by atoms with van der Waals surface area (Å²) in [6, 6.07) is 14.1. The second kappa shape index (κ2) is 12.4. The molecule has 0 radical (unpaired) electrons. The molecule has 0 fully saturated rings. The number of halogens is 3. The highest BCUT2D eigenvalue weighted by atomic mass is 35.5. The van der Waals surface area contributed by atoms with Crippen LogP contribution in [0.2, 0.25) is 5.02 Å². The Morgan fingerprint density at radius 3 is 2.63 bits per heavy atom. The van der Waals surface area contributed by atoms with Crippen LogP contribution in [0.25, 0.3) is 10.9 Å². The number of ether oxygens (including phenoxy) is 2. The topological polar surface area (TPSA) is 93.7 Å². The highest BCUT2D eigenvalue weighted by Crippen LogP contribution is 2.40. The van der Waals surface area contributed by atoms with Crippen LogP contribution in [-0.2, 0) is 27.0 Å². The Balaban J connectivity index is 1.44. The second-order valence-corrected chi connectivity index (χ2v) is 13.4. The zero-order chi connectivity index (χ0) is 30.8. The summed E-state index contributed by atoms with van der Waals surface area (Å²) in [6.07, 6.45) is 4.82. The Morgan fingerprint density at radius 1 is 1.14 bits per heavy atom. The number of nitrogens with one attached hydrogen (secondary N) is 1. The number of likely N-dealkylation sites (N-methyl/N-ethyl adjacent to an activating group) is 1. The van der Waals surface area contributed by atoms with E-state index in [1.807, 2.05) is 0 Å². The summed E-state index contributed by atoms with van der Waals surface area (Å²) in [5.74, 6) is -0.115. The molecule has 8 nitrogen and oxygen atoms in total. The predicted molar refractivity (Wildman–Crippen MR) is 163 cm³/mol. The normalized spacial score (nSPS) is 16.7. The molecule has 1 aromatic heterocycles. The monoisotopic (exact) mass is 628 g/mol. The number of benzene rings is 3. The molecule has 43 heavy (non-hydrogen) atoms. The average molecular weight is 629 g/mol. The standard InChI is InChI=1S/C31H31ClF2N4O4S/c1-4-38(43(39,40)20(2)3)18-31(11-6-12-42-31)25-15-24-28(16-27(25)34)35-19-36-30(24)37-23-9-10-29(26(32)14-23)41-17-21-7-5-8-22(33)13-21/h5-10,12-16,19-20H,4,11,17-18H2,1-3H3,(H,35,36,37). The minimum Gasteiger partial charge on any atom is -0.489 e. The molecular formula is C31H31ClF2N4O4S. The van der Waals surface area contributed by atoms with Crippen molar-refractivity contribution in [2.24, 2.45) is 0 Å². The molecule has 0 amide bonds. The zero-order valence-corrected chi connectivity index (χ0v) is 25.4. The van der Waals surface area contributed by atoms with Gasteiger partial charge in [-0.15, -0.1) is 0 Å². The Morgan fingerprint density at radius 2 is 1.95 bits per heavy atom. The van der Waals surface area contributed by atoms with Crippen molar-refractivity contribution in [1.82, 2.24) is 14.3 Å². The molecule has 3 aromatic carbocycles. The first-order valence-electron chi connectivity index (χ1n) is 13.7. The first kappa shape index (κ1) is 30.7. The quantitative estimate of drug-likeness (QED) is 0.190. The predicted octanol–water partition coefficient (Wildman–Crippen LogP) is 7.07. The maximum absolute atomic E-state index is 15.7. The van der Waals surface area contributed by atoms with E-state index in [4.69, 9.17) is 21.1 Å². The summed E-state index contributed by atoms with van der Waals surface area (Å²) in [4.78, 5) is 8.62. The molecule has 0 bridgehead atoms. The number of sulfonamides is 1. The van der Waals surface area contributed by atoms with Crippen molar-refractivity contribution in [2.45, 2.75) is 44.6 Å². The van der Waals surface area contributed by atoms with Gasteiger partial charge in [-0.05, 0) is 61.9 Å². The highest BCUT2D eigenvalue weighted by molar-refractivity contribution is 7.89. The molecule has 1 unspecified atom stereocenters. The molecule has 1 aliphatic rings. The summed E-state index contributed by atoms with van der Waals surface area (Å²) >= 11 is 6.48. The molecule has 226 valence electrons. The van der Waals surface area contributed by atoms with E-state index in [0.717, 1.165) is 0 Å². The molecule has 2 heterocycles. The van der Waals surface area contributed by atoms with E-state index in [2.05, 4.69) is 15.3 Å². The number of fused-ring (bicyclic) bond motifs is 1. The zero-order valence-electron chi connectivity index (χ0n) is 23.9. The Bertz CT molecular complexity index is 1780. The van der Waals surface area contributed by atoms with Gasteiger partial charge >= 0.3 is 0 Å². The molecule has 12 heteroatoms. The van der Waals surface area contributed by atoms with Gasteiger partial charge in [0.25, 0.3) is 0 Å². The van der Waals surface area contributed by atoms with Crippen molar-refractivity contribution < 1.29 is 26.7 Å². The molecule has 0 aliphatic carbocycles. The molecule has 0 saturated heterocycles. The first-order valence-corrected chi connectivity index (χ1v) is 15.6. The molecule has 1 N–H and O–H groups in total. The molecule has 1 aliphatic heterocycles. The smallest absolute Gasteiger partial charge is 0.216 e. The van der Waals surface area contributed by atoms with Gasteiger partial charge in [-0.2, -0.15) is 4.31 Å². The van der Waals surface area contributed by atoms with E-state index in [9.17, 15) is 12.8 Å². The Labute approximate surface area is 254 Å². The Hall–Kier alpha value is -3.80. The van der Waals surface area contributed by atoms with Crippen LogP contribution in [0.1, 0.15) is 38.3 Å². The van der Waals surface area contributed by atoms with Crippen molar-refractivity contribution in [3.8, 4) is 5.75 Å². The number of anilines is 2. The van der Waals surface area contributed by atoms with Gasteiger partial charge in [-0.1, -0.05) is 30.7 Å². The summed E-state index contributed by atoms with van der Waals surface area (Å²) < 4.78 is 68.3. The van der Waals surface area contributed by atoms with Gasteiger partial charge in [0.05, 0.1) is 28.6 Å².